The first-order valence-corrected chi connectivity index (χ1v) is 10.7. The molecule has 1 aliphatic rings. The fourth-order valence-corrected chi connectivity index (χ4v) is 3.85. The quantitative estimate of drug-likeness (QED) is 0.357. The number of likely N-dealkylation sites (tertiary alicyclic amines) is 1. The van der Waals surface area contributed by atoms with Crippen molar-refractivity contribution in [2.45, 2.75) is 31.3 Å². The van der Waals surface area contributed by atoms with Crippen molar-refractivity contribution in [3.8, 4) is 0 Å². The van der Waals surface area contributed by atoms with E-state index < -0.39 is 5.60 Å². The van der Waals surface area contributed by atoms with E-state index in [0.29, 0.717) is 37.4 Å². The summed E-state index contributed by atoms with van der Waals surface area (Å²) in [6.07, 6.45) is 2.98. The summed E-state index contributed by atoms with van der Waals surface area (Å²) in [7, 11) is 0. The maximum Gasteiger partial charge on any atom is 0.129 e. The van der Waals surface area contributed by atoms with Crippen molar-refractivity contribution in [1.82, 2.24) is 4.90 Å². The zero-order valence-corrected chi connectivity index (χ0v) is 17.8. The summed E-state index contributed by atoms with van der Waals surface area (Å²) in [5.41, 5.74) is 7.24. The lowest BCUT2D eigenvalue weighted by molar-refractivity contribution is -0.0259. The Bertz CT molecular complexity index is 819. The number of hydrogen-bond acceptors (Lipinski definition) is 5. The van der Waals surface area contributed by atoms with E-state index in [9.17, 15) is 9.50 Å². The van der Waals surface area contributed by atoms with Crippen LogP contribution in [0.2, 0.25) is 5.02 Å². The third kappa shape index (κ3) is 6.25. The number of nitrogens with two attached hydrogens (primary N) is 1. The van der Waals surface area contributed by atoms with Gasteiger partial charge in [-0.1, -0.05) is 41.0 Å². The molecule has 0 aromatic heterocycles. The van der Waals surface area contributed by atoms with E-state index in [1.165, 1.54) is 12.1 Å². The molecule has 7 heteroatoms. The minimum absolute atomic E-state index is 0.275. The van der Waals surface area contributed by atoms with Gasteiger partial charge in [0.1, 0.15) is 12.4 Å². The van der Waals surface area contributed by atoms with Crippen LogP contribution in [0.15, 0.2) is 53.7 Å². The number of aliphatic hydroxyl groups is 1. The molecule has 2 aromatic carbocycles. The maximum absolute atomic E-state index is 13.2. The zero-order valence-electron chi connectivity index (χ0n) is 17.1. The van der Waals surface area contributed by atoms with Gasteiger partial charge in [0.2, 0.25) is 0 Å². The number of piperidine rings is 1. The summed E-state index contributed by atoms with van der Waals surface area (Å²) in [6, 6.07) is 13.7. The second kappa shape index (κ2) is 10.9. The predicted molar refractivity (Wildman–Crippen MR) is 118 cm³/mol. The molecule has 0 radical (unpaired) electrons. The molecule has 5 nitrogen and oxygen atoms in total. The van der Waals surface area contributed by atoms with Gasteiger partial charge < -0.3 is 20.6 Å². The van der Waals surface area contributed by atoms with E-state index in [-0.39, 0.29) is 5.82 Å². The van der Waals surface area contributed by atoms with Crippen LogP contribution in [-0.4, -0.2) is 48.5 Å². The molecule has 3 rings (SSSR count). The predicted octanol–water partition coefficient (Wildman–Crippen LogP) is 3.92. The van der Waals surface area contributed by atoms with Gasteiger partial charge in [0, 0.05) is 24.7 Å². The number of halogens is 2. The van der Waals surface area contributed by atoms with Gasteiger partial charge in [-0.15, -0.1) is 0 Å². The molecule has 3 N–H and O–H groups in total. The second-order valence-corrected chi connectivity index (χ2v) is 8.09. The van der Waals surface area contributed by atoms with Gasteiger partial charge in [-0.25, -0.2) is 4.39 Å². The van der Waals surface area contributed by atoms with Crippen LogP contribution in [0.1, 0.15) is 36.8 Å². The Balaban J connectivity index is 1.51. The highest BCUT2D eigenvalue weighted by atomic mass is 35.5. The van der Waals surface area contributed by atoms with Crippen LogP contribution in [0.25, 0.3) is 0 Å². The van der Waals surface area contributed by atoms with Crippen LogP contribution < -0.4 is 5.73 Å². The Kier molecular flexibility index (Phi) is 8.22. The molecule has 0 amide bonds. The molecule has 0 saturated carbocycles. The maximum atomic E-state index is 13.2. The molecule has 1 heterocycles. The third-order valence-electron chi connectivity index (χ3n) is 5.51. The van der Waals surface area contributed by atoms with Crippen molar-refractivity contribution in [1.29, 1.82) is 0 Å². The van der Waals surface area contributed by atoms with Crippen molar-refractivity contribution in [3.63, 3.8) is 0 Å². The highest BCUT2D eigenvalue weighted by Crippen LogP contribution is 2.33. The van der Waals surface area contributed by atoms with E-state index in [4.69, 9.17) is 22.2 Å². The first kappa shape index (κ1) is 22.7. The van der Waals surface area contributed by atoms with Crippen LogP contribution in [0.3, 0.4) is 0 Å². The first-order valence-electron chi connectivity index (χ1n) is 10.4. The van der Waals surface area contributed by atoms with Gasteiger partial charge >= 0.3 is 0 Å². The highest BCUT2D eigenvalue weighted by molar-refractivity contribution is 6.30. The molecule has 0 aliphatic carbocycles. The molecule has 1 saturated heterocycles. The number of oxime groups is 1. The normalized spacial score (nSPS) is 17.1. The summed E-state index contributed by atoms with van der Waals surface area (Å²) in [4.78, 5) is 7.62. The van der Waals surface area contributed by atoms with E-state index in [0.717, 1.165) is 42.9 Å². The fourth-order valence-electron chi connectivity index (χ4n) is 3.73. The number of nitrogens with zero attached hydrogens (tertiary/aromatic N) is 2. The van der Waals surface area contributed by atoms with E-state index >= 15 is 0 Å². The summed E-state index contributed by atoms with van der Waals surface area (Å²) in [6.45, 7) is 3.29. The number of rotatable bonds is 9. The minimum atomic E-state index is -0.794. The van der Waals surface area contributed by atoms with E-state index in [1.807, 2.05) is 24.3 Å². The Labute approximate surface area is 182 Å². The van der Waals surface area contributed by atoms with E-state index in [1.54, 1.807) is 12.1 Å². The molecule has 2 aromatic rings. The van der Waals surface area contributed by atoms with Crippen molar-refractivity contribution < 1.29 is 14.3 Å². The van der Waals surface area contributed by atoms with Crippen LogP contribution in [-0.2, 0) is 10.4 Å². The largest absolute Gasteiger partial charge is 0.394 e. The second-order valence-electron chi connectivity index (χ2n) is 7.65. The van der Waals surface area contributed by atoms with Gasteiger partial charge in [0.25, 0.3) is 0 Å². The van der Waals surface area contributed by atoms with Crippen molar-refractivity contribution in [2.24, 2.45) is 10.9 Å². The zero-order chi connectivity index (χ0) is 21.4. The Hall–Kier alpha value is -1.99. The topological polar surface area (TPSA) is 71.1 Å². The molecule has 0 atom stereocenters. The monoisotopic (exact) mass is 433 g/mol. The average Bonchev–Trinajstić information content (AvgIpc) is 2.75. The molecule has 162 valence electrons. The average molecular weight is 434 g/mol. The lowest BCUT2D eigenvalue weighted by Crippen LogP contribution is -2.42. The molecule has 0 bridgehead atoms. The molecular formula is C23H29ClFN3O2. The Morgan fingerprint density at radius 2 is 1.80 bits per heavy atom. The highest BCUT2D eigenvalue weighted by Gasteiger charge is 2.33. The molecule has 1 aliphatic heterocycles. The summed E-state index contributed by atoms with van der Waals surface area (Å²) < 4.78 is 13.2. The molecule has 1 fully saturated rings. The van der Waals surface area contributed by atoms with Crippen molar-refractivity contribution >= 4 is 17.3 Å². The standard InChI is InChI=1S/C23H29ClFN3O2/c24-20-7-5-19(6-8-20)23(29)11-15-28(16-12-23)14-1-2-22(27-30-17-13-26)18-3-9-21(25)10-4-18/h3-10,29H,1-2,11-17,26H2/b27-22-. The van der Waals surface area contributed by atoms with Gasteiger partial charge in [0.15, 0.2) is 0 Å². The lowest BCUT2D eigenvalue weighted by atomic mass is 9.84. The van der Waals surface area contributed by atoms with Gasteiger partial charge in [0.05, 0.1) is 11.3 Å². The summed E-state index contributed by atoms with van der Waals surface area (Å²) >= 11 is 5.96. The fraction of sp³-hybridized carbons (Fsp3) is 0.435. The number of benzene rings is 2. The van der Waals surface area contributed by atoms with E-state index in [2.05, 4.69) is 10.1 Å². The smallest absolute Gasteiger partial charge is 0.129 e. The Morgan fingerprint density at radius 3 is 2.43 bits per heavy atom. The van der Waals surface area contributed by atoms with Crippen LogP contribution in [0, 0.1) is 5.82 Å². The minimum Gasteiger partial charge on any atom is -0.394 e. The molecule has 30 heavy (non-hydrogen) atoms. The van der Waals surface area contributed by atoms with Gasteiger partial charge in [-0.3, -0.25) is 0 Å². The SMILES string of the molecule is NCCO/N=C(/CCCN1CCC(O)(c2ccc(Cl)cc2)CC1)c1ccc(F)cc1. The van der Waals surface area contributed by atoms with Crippen LogP contribution in [0.5, 0.6) is 0 Å². The molecular weight excluding hydrogens is 405 g/mol. The van der Waals surface area contributed by atoms with Crippen LogP contribution >= 0.6 is 11.6 Å². The molecule has 0 spiro atoms. The van der Waals surface area contributed by atoms with Crippen molar-refractivity contribution in [3.05, 3.63) is 70.5 Å². The van der Waals surface area contributed by atoms with Crippen molar-refractivity contribution in [2.75, 3.05) is 32.8 Å². The summed E-state index contributed by atoms with van der Waals surface area (Å²) in [5, 5.41) is 15.9. The number of hydrogen-bond donors (Lipinski definition) is 2. The van der Waals surface area contributed by atoms with Gasteiger partial charge in [-0.05, 0) is 67.6 Å². The molecule has 0 unspecified atom stereocenters. The summed E-state index contributed by atoms with van der Waals surface area (Å²) in [5.74, 6) is -0.275. The lowest BCUT2D eigenvalue weighted by Gasteiger charge is -2.38. The Morgan fingerprint density at radius 1 is 1.13 bits per heavy atom. The first-order chi connectivity index (χ1) is 14.5. The van der Waals surface area contributed by atoms with Crippen LogP contribution in [0.4, 0.5) is 4.39 Å². The third-order valence-corrected chi connectivity index (χ3v) is 5.77. The van der Waals surface area contributed by atoms with Gasteiger partial charge in [-0.2, -0.15) is 0 Å².